The summed E-state index contributed by atoms with van der Waals surface area (Å²) in [5, 5.41) is 12.9. The summed E-state index contributed by atoms with van der Waals surface area (Å²) in [6, 6.07) is 0.133. The number of hydrogen-bond acceptors (Lipinski definition) is 3. The van der Waals surface area contributed by atoms with Gasteiger partial charge < -0.3 is 15.3 Å². The van der Waals surface area contributed by atoms with E-state index in [1.165, 1.54) is 0 Å². The maximum atomic E-state index is 12.0. The van der Waals surface area contributed by atoms with Gasteiger partial charge in [-0.05, 0) is 26.7 Å². The molecule has 5 nitrogen and oxygen atoms in total. The van der Waals surface area contributed by atoms with Crippen LogP contribution < -0.4 is 5.32 Å². The highest BCUT2D eigenvalue weighted by Gasteiger charge is 2.36. The molecule has 1 aliphatic rings. The van der Waals surface area contributed by atoms with Crippen LogP contribution >= 0.6 is 0 Å². The molecule has 1 unspecified atom stereocenters. The number of likely N-dealkylation sites (tertiary alicyclic amines) is 1. The molecule has 5 heteroatoms. The Hall–Kier alpha value is -1.10. The molecule has 0 bridgehead atoms. The Morgan fingerprint density at radius 3 is 2.47 bits per heavy atom. The molecule has 0 saturated carbocycles. The normalized spacial score (nSPS) is 20.2. The third kappa shape index (κ3) is 3.93. The van der Waals surface area contributed by atoms with E-state index < -0.39 is 5.60 Å². The third-order valence-electron chi connectivity index (χ3n) is 4.06. The highest BCUT2D eigenvalue weighted by atomic mass is 16.3. The zero-order valence-electron chi connectivity index (χ0n) is 12.4. The van der Waals surface area contributed by atoms with Crippen LogP contribution in [0.1, 0.15) is 47.0 Å². The summed E-state index contributed by atoms with van der Waals surface area (Å²) in [4.78, 5) is 25.5. The summed E-state index contributed by atoms with van der Waals surface area (Å²) >= 11 is 0. The predicted molar refractivity (Wildman–Crippen MR) is 73.5 cm³/mol. The van der Waals surface area contributed by atoms with Crippen molar-refractivity contribution >= 4 is 11.8 Å². The van der Waals surface area contributed by atoms with Crippen molar-refractivity contribution in [3.05, 3.63) is 0 Å². The van der Waals surface area contributed by atoms with Gasteiger partial charge in [0, 0.05) is 25.6 Å². The van der Waals surface area contributed by atoms with Crippen LogP contribution in [0.15, 0.2) is 0 Å². The lowest BCUT2D eigenvalue weighted by atomic mass is 9.97. The molecular weight excluding hydrogens is 244 g/mol. The molecule has 1 fully saturated rings. The van der Waals surface area contributed by atoms with Crippen molar-refractivity contribution in [1.82, 2.24) is 10.2 Å². The Bertz CT molecular complexity index is 338. The monoisotopic (exact) mass is 270 g/mol. The molecule has 0 aromatic heterocycles. The standard InChI is InChI=1S/C14H26N2O3/c1-5-14(19,6-2)9-15-13(18)11-7-12(17)16(8-11)10(3)4/h10-11,19H,5-9H2,1-4H3,(H,15,18). The van der Waals surface area contributed by atoms with Crippen molar-refractivity contribution in [3.63, 3.8) is 0 Å². The van der Waals surface area contributed by atoms with Gasteiger partial charge in [0.2, 0.25) is 11.8 Å². The smallest absolute Gasteiger partial charge is 0.225 e. The molecule has 0 aromatic carbocycles. The number of aliphatic hydroxyl groups is 1. The average molecular weight is 270 g/mol. The van der Waals surface area contributed by atoms with E-state index in [0.29, 0.717) is 19.4 Å². The van der Waals surface area contributed by atoms with Gasteiger partial charge in [0.05, 0.1) is 11.5 Å². The Labute approximate surface area is 115 Å². The van der Waals surface area contributed by atoms with E-state index >= 15 is 0 Å². The van der Waals surface area contributed by atoms with Crippen molar-refractivity contribution in [2.75, 3.05) is 13.1 Å². The first kappa shape index (κ1) is 16.0. The molecule has 0 spiro atoms. The number of nitrogens with zero attached hydrogens (tertiary/aromatic N) is 1. The molecule has 1 aliphatic heterocycles. The molecular formula is C14H26N2O3. The number of hydrogen-bond donors (Lipinski definition) is 2. The fourth-order valence-corrected chi connectivity index (χ4v) is 2.30. The number of rotatable bonds is 6. The van der Waals surface area contributed by atoms with Gasteiger partial charge in [0.15, 0.2) is 0 Å². The van der Waals surface area contributed by atoms with Gasteiger partial charge in [0.1, 0.15) is 0 Å². The molecule has 0 radical (unpaired) electrons. The van der Waals surface area contributed by atoms with Crippen molar-refractivity contribution in [1.29, 1.82) is 0 Å². The van der Waals surface area contributed by atoms with E-state index in [-0.39, 0.29) is 36.7 Å². The van der Waals surface area contributed by atoms with E-state index in [1.807, 2.05) is 27.7 Å². The molecule has 1 saturated heterocycles. The number of amides is 2. The quantitative estimate of drug-likeness (QED) is 0.754. The SMILES string of the molecule is CCC(O)(CC)CNC(=O)C1CC(=O)N(C(C)C)C1. The van der Waals surface area contributed by atoms with E-state index in [2.05, 4.69) is 5.32 Å². The lowest BCUT2D eigenvalue weighted by molar-refractivity contribution is -0.130. The second-order valence-electron chi connectivity index (χ2n) is 5.69. The fraction of sp³-hybridized carbons (Fsp3) is 0.857. The molecule has 0 aliphatic carbocycles. The lowest BCUT2D eigenvalue weighted by Gasteiger charge is -2.26. The molecule has 110 valence electrons. The minimum Gasteiger partial charge on any atom is -0.388 e. The van der Waals surface area contributed by atoms with Crippen LogP contribution in [0.5, 0.6) is 0 Å². The lowest BCUT2D eigenvalue weighted by Crippen LogP contribution is -2.44. The second-order valence-corrected chi connectivity index (χ2v) is 5.69. The number of carbonyl (C=O) groups excluding carboxylic acids is 2. The molecule has 19 heavy (non-hydrogen) atoms. The number of carbonyl (C=O) groups is 2. The maximum absolute atomic E-state index is 12.0. The third-order valence-corrected chi connectivity index (χ3v) is 4.06. The molecule has 2 amide bonds. The molecule has 0 aromatic rings. The van der Waals surface area contributed by atoms with Crippen LogP contribution in [-0.2, 0) is 9.59 Å². The minimum absolute atomic E-state index is 0.0383. The van der Waals surface area contributed by atoms with Gasteiger partial charge in [-0.15, -0.1) is 0 Å². The van der Waals surface area contributed by atoms with Gasteiger partial charge in [-0.3, -0.25) is 9.59 Å². The molecule has 1 atom stereocenters. The first-order chi connectivity index (χ1) is 8.83. The highest BCUT2D eigenvalue weighted by molar-refractivity contribution is 5.89. The Morgan fingerprint density at radius 1 is 1.47 bits per heavy atom. The first-order valence-corrected chi connectivity index (χ1v) is 7.12. The Morgan fingerprint density at radius 2 is 2.05 bits per heavy atom. The van der Waals surface area contributed by atoms with Crippen LogP contribution in [0, 0.1) is 5.92 Å². The molecule has 2 N–H and O–H groups in total. The highest BCUT2D eigenvalue weighted by Crippen LogP contribution is 2.20. The predicted octanol–water partition coefficient (Wildman–Crippen LogP) is 0.911. The fourth-order valence-electron chi connectivity index (χ4n) is 2.30. The summed E-state index contributed by atoms with van der Waals surface area (Å²) in [6.45, 7) is 8.44. The molecule has 1 heterocycles. The van der Waals surface area contributed by atoms with Crippen LogP contribution in [-0.4, -0.2) is 46.6 Å². The van der Waals surface area contributed by atoms with Crippen molar-refractivity contribution in [3.8, 4) is 0 Å². The van der Waals surface area contributed by atoms with E-state index in [1.54, 1.807) is 4.90 Å². The maximum Gasteiger partial charge on any atom is 0.225 e. The summed E-state index contributed by atoms with van der Waals surface area (Å²) in [5.41, 5.74) is -0.837. The van der Waals surface area contributed by atoms with Gasteiger partial charge in [-0.25, -0.2) is 0 Å². The van der Waals surface area contributed by atoms with E-state index in [4.69, 9.17) is 0 Å². The average Bonchev–Trinajstić information content (AvgIpc) is 2.78. The van der Waals surface area contributed by atoms with Crippen LogP contribution in [0.3, 0.4) is 0 Å². The van der Waals surface area contributed by atoms with Crippen molar-refractivity contribution in [2.45, 2.75) is 58.6 Å². The van der Waals surface area contributed by atoms with Crippen LogP contribution in [0.2, 0.25) is 0 Å². The summed E-state index contributed by atoms with van der Waals surface area (Å²) in [6.07, 6.45) is 1.48. The second kappa shape index (κ2) is 6.37. The van der Waals surface area contributed by atoms with Gasteiger partial charge in [0.25, 0.3) is 0 Å². The minimum atomic E-state index is -0.837. The zero-order chi connectivity index (χ0) is 14.6. The molecule has 1 rings (SSSR count). The van der Waals surface area contributed by atoms with E-state index in [9.17, 15) is 14.7 Å². The van der Waals surface area contributed by atoms with Gasteiger partial charge in [-0.2, -0.15) is 0 Å². The summed E-state index contributed by atoms with van der Waals surface area (Å²) in [5.74, 6) is -0.374. The van der Waals surface area contributed by atoms with Crippen molar-refractivity contribution in [2.24, 2.45) is 5.92 Å². The largest absolute Gasteiger partial charge is 0.388 e. The first-order valence-electron chi connectivity index (χ1n) is 7.12. The van der Waals surface area contributed by atoms with Crippen LogP contribution in [0.25, 0.3) is 0 Å². The van der Waals surface area contributed by atoms with E-state index in [0.717, 1.165) is 0 Å². The topological polar surface area (TPSA) is 69.6 Å². The summed E-state index contributed by atoms with van der Waals surface area (Å²) < 4.78 is 0. The van der Waals surface area contributed by atoms with Gasteiger partial charge >= 0.3 is 0 Å². The Kier molecular flexibility index (Phi) is 5.35. The zero-order valence-corrected chi connectivity index (χ0v) is 12.4. The van der Waals surface area contributed by atoms with Crippen molar-refractivity contribution < 1.29 is 14.7 Å². The number of nitrogens with one attached hydrogen (secondary N) is 1. The Balaban J connectivity index is 2.50. The van der Waals surface area contributed by atoms with Crippen LogP contribution in [0.4, 0.5) is 0 Å². The van der Waals surface area contributed by atoms with Gasteiger partial charge in [-0.1, -0.05) is 13.8 Å². The summed E-state index contributed by atoms with van der Waals surface area (Å²) in [7, 11) is 0.